The second kappa shape index (κ2) is 5.97. The van der Waals surface area contributed by atoms with Crippen molar-refractivity contribution in [2.24, 2.45) is 0 Å². The second-order valence-electron chi connectivity index (χ2n) is 4.17. The van der Waals surface area contributed by atoms with Crippen molar-refractivity contribution in [3.05, 3.63) is 41.6 Å². The van der Waals surface area contributed by atoms with Crippen molar-refractivity contribution in [2.75, 3.05) is 14.2 Å². The molecule has 1 heterocycles. The number of nitrogens with zero attached hydrogens (tertiary/aromatic N) is 1. The number of methoxy groups -OCH3 is 2. The van der Waals surface area contributed by atoms with E-state index < -0.39 is 0 Å². The van der Waals surface area contributed by atoms with Gasteiger partial charge in [0.25, 0.3) is 0 Å². The molecule has 0 aliphatic rings. The fourth-order valence-corrected chi connectivity index (χ4v) is 2.26. The van der Waals surface area contributed by atoms with Crippen LogP contribution in [0.5, 0.6) is 11.5 Å². The van der Waals surface area contributed by atoms with E-state index in [4.69, 9.17) is 9.47 Å². The van der Waals surface area contributed by atoms with Crippen LogP contribution in [0.4, 0.5) is 0 Å². The van der Waals surface area contributed by atoms with Crippen molar-refractivity contribution in [2.45, 2.75) is 12.7 Å². The molecular formula is C15H17NO2S. The maximum Gasteiger partial charge on any atom is 0.128 e. The van der Waals surface area contributed by atoms with Crippen molar-refractivity contribution in [3.8, 4) is 22.8 Å². The van der Waals surface area contributed by atoms with E-state index in [0.717, 1.165) is 34.0 Å². The van der Waals surface area contributed by atoms with Gasteiger partial charge in [-0.05, 0) is 36.8 Å². The molecule has 3 nitrogen and oxygen atoms in total. The largest absolute Gasteiger partial charge is 0.497 e. The predicted molar refractivity (Wildman–Crippen MR) is 80.2 cm³/mol. The summed E-state index contributed by atoms with van der Waals surface area (Å²) in [6.45, 7) is 1.99. The molecule has 0 radical (unpaired) electrons. The molecule has 0 aliphatic heterocycles. The first-order valence-corrected chi connectivity index (χ1v) is 6.62. The molecule has 0 amide bonds. The first-order chi connectivity index (χ1) is 9.19. The number of benzene rings is 1. The van der Waals surface area contributed by atoms with Crippen LogP contribution in [-0.4, -0.2) is 19.2 Å². The maximum absolute atomic E-state index is 5.39. The van der Waals surface area contributed by atoms with Crippen LogP contribution >= 0.6 is 12.6 Å². The minimum atomic E-state index is 0.689. The molecule has 0 saturated heterocycles. The smallest absolute Gasteiger partial charge is 0.128 e. The summed E-state index contributed by atoms with van der Waals surface area (Å²) in [6, 6.07) is 9.72. The standard InChI is InChI=1S/C15H17NO2S/c1-10-11(9-19)4-6-14(16-10)13-8-12(17-2)5-7-15(13)18-3/h4-8,19H,9H2,1-3H3. The van der Waals surface area contributed by atoms with Crippen molar-refractivity contribution in [1.29, 1.82) is 0 Å². The van der Waals surface area contributed by atoms with Crippen LogP contribution in [0.2, 0.25) is 0 Å². The molecule has 4 heteroatoms. The number of hydrogen-bond donors (Lipinski definition) is 1. The van der Waals surface area contributed by atoms with Crippen molar-refractivity contribution >= 4 is 12.6 Å². The van der Waals surface area contributed by atoms with Gasteiger partial charge in [-0.3, -0.25) is 4.98 Å². The van der Waals surface area contributed by atoms with Gasteiger partial charge in [-0.1, -0.05) is 6.07 Å². The van der Waals surface area contributed by atoms with Crippen LogP contribution in [0.3, 0.4) is 0 Å². The van der Waals surface area contributed by atoms with Crippen LogP contribution in [0.15, 0.2) is 30.3 Å². The Labute approximate surface area is 119 Å². The van der Waals surface area contributed by atoms with E-state index in [9.17, 15) is 0 Å². The molecule has 0 spiro atoms. The van der Waals surface area contributed by atoms with Crippen molar-refractivity contribution in [3.63, 3.8) is 0 Å². The van der Waals surface area contributed by atoms with E-state index in [1.54, 1.807) is 14.2 Å². The molecule has 0 bridgehead atoms. The lowest BCUT2D eigenvalue weighted by Crippen LogP contribution is -1.95. The Morgan fingerprint density at radius 2 is 1.89 bits per heavy atom. The molecule has 100 valence electrons. The summed E-state index contributed by atoms with van der Waals surface area (Å²) in [4.78, 5) is 4.61. The molecule has 19 heavy (non-hydrogen) atoms. The minimum Gasteiger partial charge on any atom is -0.497 e. The lowest BCUT2D eigenvalue weighted by Gasteiger charge is -2.11. The molecule has 2 rings (SSSR count). The highest BCUT2D eigenvalue weighted by Gasteiger charge is 2.10. The monoisotopic (exact) mass is 275 g/mol. The Bertz CT molecular complexity index is 584. The quantitative estimate of drug-likeness (QED) is 0.866. The van der Waals surface area contributed by atoms with E-state index in [1.807, 2.05) is 37.3 Å². The topological polar surface area (TPSA) is 31.4 Å². The third-order valence-corrected chi connectivity index (χ3v) is 3.39. The van der Waals surface area contributed by atoms with E-state index >= 15 is 0 Å². The van der Waals surface area contributed by atoms with E-state index in [-0.39, 0.29) is 0 Å². The molecule has 0 unspecified atom stereocenters. The van der Waals surface area contributed by atoms with Gasteiger partial charge in [0, 0.05) is 17.0 Å². The predicted octanol–water partition coefficient (Wildman–Crippen LogP) is 3.50. The highest BCUT2D eigenvalue weighted by Crippen LogP contribution is 2.32. The van der Waals surface area contributed by atoms with Crippen molar-refractivity contribution < 1.29 is 9.47 Å². The summed E-state index contributed by atoms with van der Waals surface area (Å²) in [6.07, 6.45) is 0. The average molecular weight is 275 g/mol. The summed E-state index contributed by atoms with van der Waals surface area (Å²) in [5.41, 5.74) is 3.92. The Kier molecular flexibility index (Phi) is 4.32. The van der Waals surface area contributed by atoms with E-state index in [2.05, 4.69) is 17.6 Å². The Balaban J connectivity index is 2.53. The molecule has 2 aromatic rings. The van der Waals surface area contributed by atoms with E-state index in [0.29, 0.717) is 5.75 Å². The van der Waals surface area contributed by atoms with Gasteiger partial charge >= 0.3 is 0 Å². The molecule has 0 N–H and O–H groups in total. The number of pyridine rings is 1. The molecule has 0 fully saturated rings. The van der Waals surface area contributed by atoms with Gasteiger partial charge in [0.05, 0.1) is 19.9 Å². The number of hydrogen-bond acceptors (Lipinski definition) is 4. The van der Waals surface area contributed by atoms with Crippen LogP contribution < -0.4 is 9.47 Å². The molecular weight excluding hydrogens is 258 g/mol. The molecule has 0 atom stereocenters. The summed E-state index contributed by atoms with van der Waals surface area (Å²) in [7, 11) is 3.30. The molecule has 1 aromatic carbocycles. The number of thiol groups is 1. The highest BCUT2D eigenvalue weighted by atomic mass is 32.1. The van der Waals surface area contributed by atoms with Crippen LogP contribution in [0.25, 0.3) is 11.3 Å². The zero-order valence-corrected chi connectivity index (χ0v) is 12.2. The van der Waals surface area contributed by atoms with Gasteiger partial charge in [-0.25, -0.2) is 0 Å². The third-order valence-electron chi connectivity index (χ3n) is 3.05. The average Bonchev–Trinajstić information content (AvgIpc) is 2.46. The molecule has 0 aliphatic carbocycles. The van der Waals surface area contributed by atoms with Gasteiger partial charge in [-0.15, -0.1) is 0 Å². The number of ether oxygens (including phenoxy) is 2. The normalized spacial score (nSPS) is 10.3. The summed E-state index contributed by atoms with van der Waals surface area (Å²) >= 11 is 4.29. The van der Waals surface area contributed by atoms with Gasteiger partial charge < -0.3 is 9.47 Å². The highest BCUT2D eigenvalue weighted by molar-refractivity contribution is 7.79. The Morgan fingerprint density at radius 3 is 2.47 bits per heavy atom. The third kappa shape index (κ3) is 2.84. The van der Waals surface area contributed by atoms with Crippen LogP contribution in [0, 0.1) is 6.92 Å². The summed E-state index contributed by atoms with van der Waals surface area (Å²) in [5, 5.41) is 0. The minimum absolute atomic E-state index is 0.689. The zero-order valence-electron chi connectivity index (χ0n) is 11.3. The van der Waals surface area contributed by atoms with Gasteiger partial charge in [0.1, 0.15) is 11.5 Å². The Morgan fingerprint density at radius 1 is 1.11 bits per heavy atom. The maximum atomic E-state index is 5.39. The van der Waals surface area contributed by atoms with Crippen molar-refractivity contribution in [1.82, 2.24) is 4.98 Å². The zero-order chi connectivity index (χ0) is 13.8. The molecule has 0 saturated carbocycles. The first kappa shape index (κ1) is 13.7. The van der Waals surface area contributed by atoms with Gasteiger partial charge in [0.2, 0.25) is 0 Å². The summed E-state index contributed by atoms with van der Waals surface area (Å²) < 4.78 is 10.6. The Hall–Kier alpha value is -1.68. The lowest BCUT2D eigenvalue weighted by molar-refractivity contribution is 0.404. The fraction of sp³-hybridized carbons (Fsp3) is 0.267. The number of rotatable bonds is 4. The summed E-state index contributed by atoms with van der Waals surface area (Å²) in [5.74, 6) is 2.26. The SMILES string of the molecule is COc1ccc(OC)c(-c2ccc(CS)c(C)n2)c1. The number of aryl methyl sites for hydroxylation is 1. The van der Waals surface area contributed by atoms with Crippen LogP contribution in [-0.2, 0) is 5.75 Å². The first-order valence-electron chi connectivity index (χ1n) is 5.99. The fourth-order valence-electron chi connectivity index (χ4n) is 1.92. The van der Waals surface area contributed by atoms with Gasteiger partial charge in [-0.2, -0.15) is 12.6 Å². The lowest BCUT2D eigenvalue weighted by atomic mass is 10.1. The number of aromatic nitrogens is 1. The van der Waals surface area contributed by atoms with E-state index in [1.165, 1.54) is 0 Å². The van der Waals surface area contributed by atoms with Crippen LogP contribution in [0.1, 0.15) is 11.3 Å². The van der Waals surface area contributed by atoms with Gasteiger partial charge in [0.15, 0.2) is 0 Å². The second-order valence-corrected chi connectivity index (χ2v) is 4.48. The molecule has 1 aromatic heterocycles.